The summed E-state index contributed by atoms with van der Waals surface area (Å²) in [5.41, 5.74) is 3.03. The van der Waals surface area contributed by atoms with Crippen molar-refractivity contribution in [3.05, 3.63) is 33.8 Å². The number of thioether (sulfide) groups is 1. The summed E-state index contributed by atoms with van der Waals surface area (Å²) in [6, 6.07) is 6.72. The Labute approximate surface area is 99.6 Å². The third-order valence-electron chi connectivity index (χ3n) is 2.13. The smallest absolute Gasteiger partial charge is 0.0182 e. The first-order valence-electron chi connectivity index (χ1n) is 4.72. The number of halogens is 1. The van der Waals surface area contributed by atoms with Crippen molar-refractivity contribution in [2.24, 2.45) is 0 Å². The zero-order valence-corrected chi connectivity index (χ0v) is 11.6. The number of rotatable bonds is 2. The van der Waals surface area contributed by atoms with Crippen LogP contribution in [-0.4, -0.2) is 6.26 Å². The van der Waals surface area contributed by atoms with Gasteiger partial charge in [-0.05, 0) is 34.9 Å². The molecule has 0 saturated carbocycles. The van der Waals surface area contributed by atoms with Gasteiger partial charge < -0.3 is 0 Å². The monoisotopic (exact) mass is 272 g/mol. The summed E-state index contributed by atoms with van der Waals surface area (Å²) in [6.45, 7) is 6.74. The lowest BCUT2D eigenvalue weighted by atomic mass is 9.86. The molecule has 0 aliphatic rings. The molecule has 0 unspecified atom stereocenters. The second-order valence-corrected chi connectivity index (χ2v) is 6.31. The van der Waals surface area contributed by atoms with E-state index in [0.29, 0.717) is 0 Å². The number of benzene rings is 1. The van der Waals surface area contributed by atoms with E-state index in [-0.39, 0.29) is 5.41 Å². The van der Waals surface area contributed by atoms with Crippen LogP contribution in [0.5, 0.6) is 0 Å². The highest BCUT2D eigenvalue weighted by atomic mass is 79.9. The second kappa shape index (κ2) is 4.71. The largest absolute Gasteiger partial charge is 0.161 e. The van der Waals surface area contributed by atoms with Crippen LogP contribution >= 0.6 is 27.7 Å². The highest BCUT2D eigenvalue weighted by Crippen LogP contribution is 2.27. The van der Waals surface area contributed by atoms with E-state index >= 15 is 0 Å². The molecule has 14 heavy (non-hydrogen) atoms. The van der Waals surface area contributed by atoms with Gasteiger partial charge in [0.2, 0.25) is 0 Å². The van der Waals surface area contributed by atoms with Gasteiger partial charge in [-0.3, -0.25) is 0 Å². The van der Waals surface area contributed by atoms with Gasteiger partial charge in [0.1, 0.15) is 0 Å². The van der Waals surface area contributed by atoms with E-state index in [4.69, 9.17) is 0 Å². The summed E-state index contributed by atoms with van der Waals surface area (Å²) in [7, 11) is 0. The van der Waals surface area contributed by atoms with Crippen LogP contribution in [0.4, 0.5) is 0 Å². The summed E-state index contributed by atoms with van der Waals surface area (Å²) in [5, 5.41) is 0. The van der Waals surface area contributed by atoms with Crippen molar-refractivity contribution in [2.45, 2.75) is 31.9 Å². The SMILES string of the molecule is CSCc1cc(Br)cc(C(C)(C)C)c1. The van der Waals surface area contributed by atoms with Crippen molar-refractivity contribution >= 4 is 27.7 Å². The van der Waals surface area contributed by atoms with Crippen LogP contribution in [0.15, 0.2) is 22.7 Å². The molecular weight excluding hydrogens is 256 g/mol. The Morgan fingerprint density at radius 3 is 2.36 bits per heavy atom. The molecule has 0 aliphatic heterocycles. The molecule has 78 valence electrons. The van der Waals surface area contributed by atoms with Crippen LogP contribution in [0.2, 0.25) is 0 Å². The Bertz CT molecular complexity index is 313. The first kappa shape index (κ1) is 12.1. The van der Waals surface area contributed by atoms with Gasteiger partial charge in [0.05, 0.1) is 0 Å². The van der Waals surface area contributed by atoms with Crippen molar-refractivity contribution in [3.8, 4) is 0 Å². The topological polar surface area (TPSA) is 0 Å². The van der Waals surface area contributed by atoms with Gasteiger partial charge in [-0.1, -0.05) is 42.8 Å². The second-order valence-electron chi connectivity index (χ2n) is 4.53. The van der Waals surface area contributed by atoms with Crippen molar-refractivity contribution in [1.82, 2.24) is 0 Å². The lowest BCUT2D eigenvalue weighted by Gasteiger charge is -2.20. The predicted octanol–water partition coefficient (Wildman–Crippen LogP) is 4.61. The van der Waals surface area contributed by atoms with Gasteiger partial charge in [-0.2, -0.15) is 11.8 Å². The van der Waals surface area contributed by atoms with E-state index in [1.807, 2.05) is 11.8 Å². The Kier molecular flexibility index (Phi) is 4.08. The van der Waals surface area contributed by atoms with Crippen LogP contribution in [0.25, 0.3) is 0 Å². The lowest BCUT2D eigenvalue weighted by Crippen LogP contribution is -2.11. The highest BCUT2D eigenvalue weighted by molar-refractivity contribution is 9.10. The van der Waals surface area contributed by atoms with Gasteiger partial charge in [0.15, 0.2) is 0 Å². The van der Waals surface area contributed by atoms with E-state index in [9.17, 15) is 0 Å². The molecule has 0 aromatic heterocycles. The minimum atomic E-state index is 0.233. The zero-order chi connectivity index (χ0) is 10.8. The minimum absolute atomic E-state index is 0.233. The normalized spacial score (nSPS) is 11.8. The first-order valence-corrected chi connectivity index (χ1v) is 6.91. The van der Waals surface area contributed by atoms with Gasteiger partial charge >= 0.3 is 0 Å². The maximum atomic E-state index is 3.57. The summed E-state index contributed by atoms with van der Waals surface area (Å²) in [5.74, 6) is 1.09. The molecule has 0 heterocycles. The van der Waals surface area contributed by atoms with Gasteiger partial charge in [-0.25, -0.2) is 0 Å². The fraction of sp³-hybridized carbons (Fsp3) is 0.500. The molecule has 0 atom stereocenters. The average molecular weight is 273 g/mol. The van der Waals surface area contributed by atoms with E-state index in [1.54, 1.807) is 0 Å². The van der Waals surface area contributed by atoms with Crippen molar-refractivity contribution in [3.63, 3.8) is 0 Å². The fourth-order valence-corrected chi connectivity index (χ4v) is 2.37. The van der Waals surface area contributed by atoms with Crippen LogP contribution < -0.4 is 0 Å². The number of hydrogen-bond donors (Lipinski definition) is 0. The lowest BCUT2D eigenvalue weighted by molar-refractivity contribution is 0.589. The third-order valence-corrected chi connectivity index (χ3v) is 3.21. The first-order chi connectivity index (χ1) is 6.43. The molecular formula is C12H17BrS. The van der Waals surface area contributed by atoms with Crippen LogP contribution in [0.1, 0.15) is 31.9 Å². The molecule has 0 bridgehead atoms. The molecule has 0 fully saturated rings. The summed E-state index contributed by atoms with van der Waals surface area (Å²) >= 11 is 5.43. The maximum Gasteiger partial charge on any atom is 0.0182 e. The van der Waals surface area contributed by atoms with Gasteiger partial charge in [-0.15, -0.1) is 0 Å². The quantitative estimate of drug-likeness (QED) is 0.758. The van der Waals surface area contributed by atoms with E-state index in [1.165, 1.54) is 15.6 Å². The van der Waals surface area contributed by atoms with E-state index in [2.05, 4.69) is 61.2 Å². The Morgan fingerprint density at radius 2 is 1.86 bits per heavy atom. The fourth-order valence-electron chi connectivity index (χ4n) is 1.33. The molecule has 0 N–H and O–H groups in total. The highest BCUT2D eigenvalue weighted by Gasteiger charge is 2.14. The van der Waals surface area contributed by atoms with Crippen molar-refractivity contribution in [2.75, 3.05) is 6.26 Å². The van der Waals surface area contributed by atoms with Gasteiger partial charge in [0, 0.05) is 10.2 Å². The Morgan fingerprint density at radius 1 is 1.21 bits per heavy atom. The molecule has 1 rings (SSSR count). The molecule has 0 spiro atoms. The summed E-state index contributed by atoms with van der Waals surface area (Å²) < 4.78 is 1.19. The predicted molar refractivity (Wildman–Crippen MR) is 70.1 cm³/mol. The van der Waals surface area contributed by atoms with Crippen LogP contribution in [0.3, 0.4) is 0 Å². The van der Waals surface area contributed by atoms with Crippen molar-refractivity contribution < 1.29 is 0 Å². The van der Waals surface area contributed by atoms with Gasteiger partial charge in [0.25, 0.3) is 0 Å². The molecule has 0 nitrogen and oxygen atoms in total. The maximum absolute atomic E-state index is 3.57. The van der Waals surface area contributed by atoms with E-state index < -0.39 is 0 Å². The molecule has 1 aromatic carbocycles. The third kappa shape index (κ3) is 3.32. The minimum Gasteiger partial charge on any atom is -0.161 e. The zero-order valence-electron chi connectivity index (χ0n) is 9.23. The van der Waals surface area contributed by atoms with Crippen molar-refractivity contribution in [1.29, 1.82) is 0 Å². The van der Waals surface area contributed by atoms with E-state index in [0.717, 1.165) is 5.75 Å². The van der Waals surface area contributed by atoms with Crippen LogP contribution in [0, 0.1) is 0 Å². The molecule has 0 saturated heterocycles. The molecule has 2 heteroatoms. The standard InChI is InChI=1S/C12H17BrS/c1-12(2,3)10-5-9(8-14-4)6-11(13)7-10/h5-7H,8H2,1-4H3. The molecule has 1 aromatic rings. The average Bonchev–Trinajstić information content (AvgIpc) is 2.02. The Hall–Kier alpha value is 0.0500. The Balaban J connectivity index is 3.07. The molecule has 0 radical (unpaired) electrons. The van der Waals surface area contributed by atoms with Crippen LogP contribution in [-0.2, 0) is 11.2 Å². The molecule has 0 aliphatic carbocycles. The summed E-state index contributed by atoms with van der Waals surface area (Å²) in [6.07, 6.45) is 2.14. The number of hydrogen-bond acceptors (Lipinski definition) is 1. The molecule has 0 amide bonds. The summed E-state index contributed by atoms with van der Waals surface area (Å²) in [4.78, 5) is 0.